The summed E-state index contributed by atoms with van der Waals surface area (Å²) in [6.45, 7) is 5.56. The first kappa shape index (κ1) is 20.1. The van der Waals surface area contributed by atoms with E-state index in [1.807, 2.05) is 0 Å². The molecule has 0 saturated heterocycles. The Kier molecular flexibility index (Phi) is 5.93. The quantitative estimate of drug-likeness (QED) is 0.418. The first-order valence-corrected chi connectivity index (χ1v) is 8.92. The van der Waals surface area contributed by atoms with Crippen LogP contribution in [0.3, 0.4) is 0 Å². The summed E-state index contributed by atoms with van der Waals surface area (Å²) in [5.41, 5.74) is 1.31. The van der Waals surface area contributed by atoms with E-state index >= 15 is 0 Å². The van der Waals surface area contributed by atoms with E-state index in [4.69, 9.17) is 9.47 Å². The SMILES string of the molecule is C=CCOc1ccc(/C=C2\C(=O)N(c3ccccc3F)C(C)=C2C(=O)OC)cc1. The number of ether oxygens (including phenoxy) is 2. The molecule has 0 atom stereocenters. The van der Waals surface area contributed by atoms with Gasteiger partial charge in [0, 0.05) is 5.70 Å². The van der Waals surface area contributed by atoms with Crippen molar-refractivity contribution in [2.45, 2.75) is 6.92 Å². The molecule has 0 radical (unpaired) electrons. The predicted molar refractivity (Wildman–Crippen MR) is 109 cm³/mol. The second kappa shape index (κ2) is 8.56. The molecule has 0 spiro atoms. The highest BCUT2D eigenvalue weighted by Crippen LogP contribution is 2.36. The number of benzene rings is 2. The third-order valence-electron chi connectivity index (χ3n) is 4.44. The highest BCUT2D eigenvalue weighted by molar-refractivity contribution is 6.23. The second-order valence-corrected chi connectivity index (χ2v) is 6.27. The van der Waals surface area contributed by atoms with Crippen LogP contribution in [0.2, 0.25) is 0 Å². The molecule has 1 heterocycles. The molecule has 0 bridgehead atoms. The molecule has 2 aromatic carbocycles. The van der Waals surface area contributed by atoms with Crippen LogP contribution >= 0.6 is 0 Å². The standard InChI is InChI=1S/C23H20FNO4/c1-4-13-29-17-11-9-16(10-12-17)14-18-21(23(27)28-3)15(2)25(22(18)26)20-8-6-5-7-19(20)24/h4-12,14H,1,13H2,2-3H3/b18-14-. The van der Waals surface area contributed by atoms with Crippen molar-refractivity contribution in [1.29, 1.82) is 0 Å². The molecule has 0 N–H and O–H groups in total. The van der Waals surface area contributed by atoms with Crippen LogP contribution in [0.4, 0.5) is 10.1 Å². The molecule has 2 aromatic rings. The maximum absolute atomic E-state index is 14.3. The van der Waals surface area contributed by atoms with Gasteiger partial charge < -0.3 is 9.47 Å². The number of rotatable bonds is 6. The number of methoxy groups -OCH3 is 1. The zero-order valence-corrected chi connectivity index (χ0v) is 16.1. The molecular formula is C23H20FNO4. The van der Waals surface area contributed by atoms with Gasteiger partial charge in [-0.1, -0.05) is 36.9 Å². The summed E-state index contributed by atoms with van der Waals surface area (Å²) < 4.78 is 24.6. The normalized spacial score (nSPS) is 15.1. The van der Waals surface area contributed by atoms with Crippen molar-refractivity contribution in [1.82, 2.24) is 0 Å². The largest absolute Gasteiger partial charge is 0.490 e. The molecular weight excluding hydrogens is 373 g/mol. The monoisotopic (exact) mass is 393 g/mol. The van der Waals surface area contributed by atoms with Crippen molar-refractivity contribution < 1.29 is 23.5 Å². The van der Waals surface area contributed by atoms with E-state index in [1.54, 1.807) is 49.4 Å². The maximum atomic E-state index is 14.3. The van der Waals surface area contributed by atoms with E-state index in [0.717, 1.165) is 0 Å². The lowest BCUT2D eigenvalue weighted by Crippen LogP contribution is -2.25. The number of para-hydroxylation sites is 1. The molecule has 29 heavy (non-hydrogen) atoms. The Morgan fingerprint density at radius 1 is 1.17 bits per heavy atom. The van der Waals surface area contributed by atoms with Crippen molar-refractivity contribution in [3.05, 3.63) is 89.4 Å². The van der Waals surface area contributed by atoms with Crippen LogP contribution in [0.1, 0.15) is 12.5 Å². The van der Waals surface area contributed by atoms with E-state index in [1.165, 1.54) is 30.2 Å². The summed E-state index contributed by atoms with van der Waals surface area (Å²) in [6.07, 6.45) is 3.22. The second-order valence-electron chi connectivity index (χ2n) is 6.27. The van der Waals surface area contributed by atoms with Gasteiger partial charge in [-0.25, -0.2) is 9.18 Å². The minimum Gasteiger partial charge on any atom is -0.490 e. The van der Waals surface area contributed by atoms with Crippen molar-refractivity contribution in [2.75, 3.05) is 18.6 Å². The summed E-state index contributed by atoms with van der Waals surface area (Å²) >= 11 is 0. The van der Waals surface area contributed by atoms with Crippen LogP contribution in [-0.4, -0.2) is 25.6 Å². The zero-order valence-electron chi connectivity index (χ0n) is 16.1. The molecule has 0 unspecified atom stereocenters. The Labute approximate surface area is 168 Å². The third-order valence-corrected chi connectivity index (χ3v) is 4.44. The fourth-order valence-electron chi connectivity index (χ4n) is 3.09. The van der Waals surface area contributed by atoms with Gasteiger partial charge in [-0.3, -0.25) is 9.69 Å². The lowest BCUT2D eigenvalue weighted by Gasteiger charge is -2.18. The topological polar surface area (TPSA) is 55.8 Å². The Morgan fingerprint density at radius 2 is 1.86 bits per heavy atom. The average Bonchev–Trinajstić information content (AvgIpc) is 2.97. The summed E-state index contributed by atoms with van der Waals surface area (Å²) in [5.74, 6) is -1.07. The van der Waals surface area contributed by atoms with Crippen LogP contribution in [0.15, 0.2) is 78.0 Å². The lowest BCUT2D eigenvalue weighted by molar-refractivity contribution is -0.136. The van der Waals surface area contributed by atoms with Crippen molar-refractivity contribution in [3.8, 4) is 5.75 Å². The number of allylic oxidation sites excluding steroid dienone is 1. The third kappa shape index (κ3) is 3.96. The molecule has 148 valence electrons. The van der Waals surface area contributed by atoms with Crippen LogP contribution < -0.4 is 9.64 Å². The average molecular weight is 393 g/mol. The molecule has 6 heteroatoms. The van der Waals surface area contributed by atoms with Crippen molar-refractivity contribution >= 4 is 23.6 Å². The Hall–Kier alpha value is -3.67. The lowest BCUT2D eigenvalue weighted by atomic mass is 10.0. The van der Waals surface area contributed by atoms with Gasteiger partial charge in [0.1, 0.15) is 18.2 Å². The van der Waals surface area contributed by atoms with E-state index in [0.29, 0.717) is 23.6 Å². The number of carbonyl (C=O) groups is 2. The Morgan fingerprint density at radius 3 is 2.48 bits per heavy atom. The first-order chi connectivity index (χ1) is 14.0. The van der Waals surface area contributed by atoms with Crippen LogP contribution in [0.25, 0.3) is 6.08 Å². The number of esters is 1. The van der Waals surface area contributed by atoms with Gasteiger partial charge in [0.05, 0.1) is 23.9 Å². The van der Waals surface area contributed by atoms with Gasteiger partial charge in [0.2, 0.25) is 0 Å². The molecule has 1 amide bonds. The number of hydrogen-bond acceptors (Lipinski definition) is 4. The van der Waals surface area contributed by atoms with Crippen LogP contribution in [-0.2, 0) is 14.3 Å². The van der Waals surface area contributed by atoms with Gasteiger partial charge >= 0.3 is 5.97 Å². The summed E-state index contributed by atoms with van der Waals surface area (Å²) in [6, 6.07) is 12.9. The van der Waals surface area contributed by atoms with E-state index in [-0.39, 0.29) is 16.8 Å². The molecule has 0 fully saturated rings. The predicted octanol–water partition coefficient (Wildman–Crippen LogP) is 4.27. The van der Waals surface area contributed by atoms with Gasteiger partial charge in [0.15, 0.2) is 0 Å². The van der Waals surface area contributed by atoms with Gasteiger partial charge in [0.25, 0.3) is 5.91 Å². The van der Waals surface area contributed by atoms with E-state index in [9.17, 15) is 14.0 Å². The van der Waals surface area contributed by atoms with Crippen LogP contribution in [0.5, 0.6) is 5.75 Å². The Balaban J connectivity index is 2.04. The zero-order chi connectivity index (χ0) is 21.0. The Bertz CT molecular complexity index is 1020. The molecule has 0 aliphatic carbocycles. The van der Waals surface area contributed by atoms with E-state index < -0.39 is 17.7 Å². The molecule has 1 aliphatic rings. The molecule has 1 aliphatic heterocycles. The summed E-state index contributed by atoms with van der Waals surface area (Å²) in [5, 5.41) is 0. The van der Waals surface area contributed by atoms with Crippen molar-refractivity contribution in [2.24, 2.45) is 0 Å². The molecule has 5 nitrogen and oxygen atoms in total. The summed E-state index contributed by atoms with van der Waals surface area (Å²) in [4.78, 5) is 26.7. The fraction of sp³-hybridized carbons (Fsp3) is 0.130. The van der Waals surface area contributed by atoms with Crippen LogP contribution in [0, 0.1) is 5.82 Å². The molecule has 3 rings (SSSR count). The maximum Gasteiger partial charge on any atom is 0.340 e. The van der Waals surface area contributed by atoms with Gasteiger partial charge in [-0.15, -0.1) is 0 Å². The number of hydrogen-bond donors (Lipinski definition) is 0. The van der Waals surface area contributed by atoms with Crippen molar-refractivity contribution in [3.63, 3.8) is 0 Å². The minimum absolute atomic E-state index is 0.0768. The van der Waals surface area contributed by atoms with E-state index in [2.05, 4.69) is 6.58 Å². The smallest absolute Gasteiger partial charge is 0.340 e. The summed E-state index contributed by atoms with van der Waals surface area (Å²) in [7, 11) is 1.24. The minimum atomic E-state index is -0.660. The molecule has 0 saturated carbocycles. The molecule has 0 aromatic heterocycles. The highest BCUT2D eigenvalue weighted by atomic mass is 19.1. The number of halogens is 1. The van der Waals surface area contributed by atoms with Gasteiger partial charge in [-0.05, 0) is 42.8 Å². The first-order valence-electron chi connectivity index (χ1n) is 8.92. The number of carbonyl (C=O) groups excluding carboxylic acids is 2. The number of amides is 1. The highest BCUT2D eigenvalue weighted by Gasteiger charge is 2.38. The van der Waals surface area contributed by atoms with Gasteiger partial charge in [-0.2, -0.15) is 0 Å². The number of nitrogens with zero attached hydrogens (tertiary/aromatic N) is 1. The number of anilines is 1. The fourth-order valence-corrected chi connectivity index (χ4v) is 3.09.